The van der Waals surface area contributed by atoms with E-state index in [0.29, 0.717) is 0 Å². The van der Waals surface area contributed by atoms with Gasteiger partial charge in [-0.25, -0.2) is 5.01 Å². The summed E-state index contributed by atoms with van der Waals surface area (Å²) in [6.07, 6.45) is 2.48. The van der Waals surface area contributed by atoms with Crippen LogP contribution in [0.1, 0.15) is 41.2 Å². The van der Waals surface area contributed by atoms with Crippen LogP contribution in [0.3, 0.4) is 0 Å². The van der Waals surface area contributed by atoms with Gasteiger partial charge in [0, 0.05) is 18.9 Å². The molecular weight excluding hydrogens is 272 g/mol. The molecule has 1 aliphatic rings. The highest BCUT2D eigenvalue weighted by Gasteiger charge is 2.34. The summed E-state index contributed by atoms with van der Waals surface area (Å²) in [4.78, 5) is 13.0. The van der Waals surface area contributed by atoms with Crippen LogP contribution in [0.5, 0.6) is 0 Å². The molecule has 104 valence electrons. The summed E-state index contributed by atoms with van der Waals surface area (Å²) in [5, 5.41) is 8.13. The predicted molar refractivity (Wildman–Crippen MR) is 78.9 cm³/mol. The zero-order chi connectivity index (χ0) is 14.3. The van der Waals surface area contributed by atoms with Crippen molar-refractivity contribution < 1.29 is 9.21 Å². The van der Waals surface area contributed by atoms with Gasteiger partial charge in [-0.2, -0.15) is 5.10 Å². The van der Waals surface area contributed by atoms with Gasteiger partial charge in [0.2, 0.25) is 5.91 Å². The van der Waals surface area contributed by atoms with Crippen LogP contribution < -0.4 is 0 Å². The molecule has 5 heteroatoms. The van der Waals surface area contributed by atoms with Gasteiger partial charge in [0.1, 0.15) is 5.76 Å². The maximum atomic E-state index is 11.9. The fourth-order valence-corrected chi connectivity index (χ4v) is 3.42. The van der Waals surface area contributed by atoms with Crippen LogP contribution in [0.4, 0.5) is 0 Å². The number of aryl methyl sites for hydroxylation is 2. The Morgan fingerprint density at radius 3 is 2.85 bits per heavy atom. The second-order valence-corrected chi connectivity index (χ2v) is 5.94. The summed E-state index contributed by atoms with van der Waals surface area (Å²) < 4.78 is 5.48. The summed E-state index contributed by atoms with van der Waals surface area (Å²) in [6.45, 7) is 5.50. The lowest BCUT2D eigenvalue weighted by atomic mass is 9.98. The molecule has 1 aliphatic heterocycles. The normalized spacial score (nSPS) is 18.4. The van der Waals surface area contributed by atoms with Gasteiger partial charge in [0.15, 0.2) is 0 Å². The summed E-state index contributed by atoms with van der Waals surface area (Å²) in [5.74, 6) is 0.822. The lowest BCUT2D eigenvalue weighted by molar-refractivity contribution is -0.130. The average molecular weight is 288 g/mol. The van der Waals surface area contributed by atoms with Gasteiger partial charge in [-0.15, -0.1) is 11.3 Å². The van der Waals surface area contributed by atoms with Crippen LogP contribution in [-0.2, 0) is 4.79 Å². The minimum atomic E-state index is -0.0525. The van der Waals surface area contributed by atoms with Gasteiger partial charge in [0.25, 0.3) is 0 Å². The number of amides is 1. The fraction of sp³-hybridized carbons (Fsp3) is 0.333. The highest BCUT2D eigenvalue weighted by molar-refractivity contribution is 7.12. The first-order valence-corrected chi connectivity index (χ1v) is 7.41. The zero-order valence-corrected chi connectivity index (χ0v) is 12.5. The quantitative estimate of drug-likeness (QED) is 0.846. The second kappa shape index (κ2) is 4.90. The Hall–Kier alpha value is -1.88. The van der Waals surface area contributed by atoms with E-state index in [1.54, 1.807) is 29.5 Å². The highest BCUT2D eigenvalue weighted by atomic mass is 32.1. The summed E-state index contributed by atoms with van der Waals surface area (Å²) in [6, 6.07) is 3.99. The van der Waals surface area contributed by atoms with Crippen LogP contribution in [0.25, 0.3) is 0 Å². The van der Waals surface area contributed by atoms with Crippen molar-refractivity contribution in [2.75, 3.05) is 0 Å². The van der Waals surface area contributed by atoms with Crippen molar-refractivity contribution in [2.24, 2.45) is 5.10 Å². The van der Waals surface area contributed by atoms with Gasteiger partial charge < -0.3 is 4.42 Å². The zero-order valence-electron chi connectivity index (χ0n) is 11.7. The van der Waals surface area contributed by atoms with E-state index in [1.807, 2.05) is 31.4 Å². The Morgan fingerprint density at radius 1 is 1.50 bits per heavy atom. The second-order valence-electron chi connectivity index (χ2n) is 5.00. The standard InChI is InChI=1S/C15H16N2O2S/c1-9-8-19-10(2)15(9)13-7-12(14-5-4-6-20-14)16-17(13)11(3)18/h4-6,8,13H,7H2,1-3H3/t13-/m0/s1. The summed E-state index contributed by atoms with van der Waals surface area (Å²) in [5.41, 5.74) is 3.12. The number of hydrazone groups is 1. The Morgan fingerprint density at radius 2 is 2.30 bits per heavy atom. The Kier molecular flexibility index (Phi) is 3.22. The van der Waals surface area contributed by atoms with Gasteiger partial charge in [-0.05, 0) is 30.9 Å². The number of furan rings is 1. The lowest BCUT2D eigenvalue weighted by Crippen LogP contribution is -2.25. The molecule has 3 heterocycles. The summed E-state index contributed by atoms with van der Waals surface area (Å²) in [7, 11) is 0. The molecule has 0 aliphatic carbocycles. The van der Waals surface area contributed by atoms with E-state index in [-0.39, 0.29) is 11.9 Å². The van der Waals surface area contributed by atoms with Gasteiger partial charge in [0.05, 0.1) is 22.9 Å². The van der Waals surface area contributed by atoms with Crippen LogP contribution >= 0.6 is 11.3 Å². The van der Waals surface area contributed by atoms with Crippen LogP contribution in [0, 0.1) is 13.8 Å². The van der Waals surface area contributed by atoms with Crippen LogP contribution in [0.15, 0.2) is 33.3 Å². The molecule has 0 saturated carbocycles. The Balaban J connectivity index is 2.00. The van der Waals surface area contributed by atoms with Crippen molar-refractivity contribution in [1.82, 2.24) is 5.01 Å². The maximum absolute atomic E-state index is 11.9. The van der Waals surface area contributed by atoms with Gasteiger partial charge in [-0.3, -0.25) is 4.79 Å². The molecule has 20 heavy (non-hydrogen) atoms. The molecule has 1 atom stereocenters. The van der Waals surface area contributed by atoms with Crippen LogP contribution in [0.2, 0.25) is 0 Å². The van der Waals surface area contributed by atoms with Crippen molar-refractivity contribution in [1.29, 1.82) is 0 Å². The third-order valence-electron chi connectivity index (χ3n) is 3.59. The van der Waals surface area contributed by atoms with Crippen molar-refractivity contribution >= 4 is 23.0 Å². The van der Waals surface area contributed by atoms with E-state index < -0.39 is 0 Å². The van der Waals surface area contributed by atoms with Crippen molar-refractivity contribution in [2.45, 2.75) is 33.2 Å². The maximum Gasteiger partial charge on any atom is 0.240 e. The number of carbonyl (C=O) groups is 1. The first-order valence-electron chi connectivity index (χ1n) is 6.53. The fourth-order valence-electron chi connectivity index (χ4n) is 2.70. The molecule has 0 unspecified atom stereocenters. The Bertz CT molecular complexity index is 651. The number of thiophene rings is 1. The van der Waals surface area contributed by atoms with E-state index in [4.69, 9.17) is 4.42 Å². The molecule has 4 nitrogen and oxygen atoms in total. The molecule has 1 amide bonds. The van der Waals surface area contributed by atoms with Crippen molar-refractivity contribution in [3.63, 3.8) is 0 Å². The minimum absolute atomic E-state index is 0.0402. The van der Waals surface area contributed by atoms with Gasteiger partial charge in [-0.1, -0.05) is 6.07 Å². The monoisotopic (exact) mass is 288 g/mol. The molecule has 0 bridgehead atoms. The molecule has 2 aromatic rings. The third kappa shape index (κ3) is 2.08. The number of carbonyl (C=O) groups excluding carboxylic acids is 1. The molecule has 0 aromatic carbocycles. The van der Waals surface area contributed by atoms with E-state index in [2.05, 4.69) is 5.10 Å². The number of hydrogen-bond donors (Lipinski definition) is 0. The molecule has 0 N–H and O–H groups in total. The smallest absolute Gasteiger partial charge is 0.240 e. The molecule has 0 spiro atoms. The van der Waals surface area contributed by atoms with Crippen LogP contribution in [-0.4, -0.2) is 16.6 Å². The number of rotatable bonds is 2. The highest BCUT2D eigenvalue weighted by Crippen LogP contribution is 2.37. The molecular formula is C15H16N2O2S. The first-order chi connectivity index (χ1) is 9.58. The van der Waals surface area contributed by atoms with Gasteiger partial charge >= 0.3 is 0 Å². The Labute approximate surface area is 121 Å². The largest absolute Gasteiger partial charge is 0.469 e. The minimum Gasteiger partial charge on any atom is -0.469 e. The third-order valence-corrected chi connectivity index (χ3v) is 4.51. The molecule has 3 rings (SSSR count). The topological polar surface area (TPSA) is 45.8 Å². The van der Waals surface area contributed by atoms with E-state index in [1.165, 1.54) is 0 Å². The van der Waals surface area contributed by atoms with Crippen molar-refractivity contribution in [3.8, 4) is 0 Å². The molecule has 0 radical (unpaired) electrons. The molecule has 0 saturated heterocycles. The first kappa shape index (κ1) is 13.1. The predicted octanol–water partition coefficient (Wildman–Crippen LogP) is 3.66. The SMILES string of the molecule is CC(=O)N1N=C(c2cccs2)C[C@H]1c1c(C)coc1C. The number of hydrogen-bond acceptors (Lipinski definition) is 4. The summed E-state index contributed by atoms with van der Waals surface area (Å²) >= 11 is 1.65. The van der Waals surface area contributed by atoms with E-state index in [9.17, 15) is 4.79 Å². The average Bonchev–Trinajstić information content (AvgIpc) is 3.08. The number of nitrogens with zero attached hydrogens (tertiary/aromatic N) is 2. The van der Waals surface area contributed by atoms with E-state index >= 15 is 0 Å². The molecule has 0 fully saturated rings. The molecule has 2 aromatic heterocycles. The lowest BCUT2D eigenvalue weighted by Gasteiger charge is -2.20. The van der Waals surface area contributed by atoms with E-state index in [0.717, 1.165) is 33.9 Å². The van der Waals surface area contributed by atoms with Crippen molar-refractivity contribution in [3.05, 3.63) is 45.5 Å².